The number of nitrogens with one attached hydrogen (secondary N) is 2. The number of halogens is 3. The zero-order valence-corrected chi connectivity index (χ0v) is 25.7. The number of hydrazine groups is 1. The Morgan fingerprint density at radius 1 is 1.09 bits per heavy atom. The molecule has 0 aromatic heterocycles. The van der Waals surface area contributed by atoms with Gasteiger partial charge in [0.1, 0.15) is 17.2 Å². The summed E-state index contributed by atoms with van der Waals surface area (Å²) in [6.45, 7) is 8.71. The summed E-state index contributed by atoms with van der Waals surface area (Å²) in [5, 5.41) is 6.29. The normalized spacial score (nSPS) is 21.8. The van der Waals surface area contributed by atoms with Crippen LogP contribution in [0.25, 0.3) is 0 Å². The van der Waals surface area contributed by atoms with Crippen LogP contribution in [0.3, 0.4) is 0 Å². The summed E-state index contributed by atoms with van der Waals surface area (Å²) in [4.78, 5) is 33.9. The van der Waals surface area contributed by atoms with Crippen LogP contribution in [0.5, 0.6) is 0 Å². The van der Waals surface area contributed by atoms with Gasteiger partial charge in [0.25, 0.3) is 11.8 Å². The lowest BCUT2D eigenvalue weighted by Crippen LogP contribution is -2.51. The van der Waals surface area contributed by atoms with Crippen LogP contribution < -0.4 is 22.4 Å². The first-order valence-corrected chi connectivity index (χ1v) is 15.0. The molecule has 0 bridgehead atoms. The third-order valence-electron chi connectivity index (χ3n) is 8.76. The zero-order valence-electron chi connectivity index (χ0n) is 25.7. The summed E-state index contributed by atoms with van der Waals surface area (Å²) in [6, 6.07) is 11.4. The summed E-state index contributed by atoms with van der Waals surface area (Å²) in [5.74, 6) is 5.05. The summed E-state index contributed by atoms with van der Waals surface area (Å²) in [6.07, 6.45) is 0.0216. The number of hydrogen-bond acceptors (Lipinski definition) is 6. The molecule has 238 valence electrons. The fourth-order valence-corrected chi connectivity index (χ4v) is 6.32. The quantitative estimate of drug-likeness (QED) is 0.132. The van der Waals surface area contributed by atoms with Gasteiger partial charge in [-0.2, -0.15) is 18.3 Å². The molecule has 0 radical (unpaired) electrons. The van der Waals surface area contributed by atoms with Crippen molar-refractivity contribution < 1.29 is 22.8 Å². The molecule has 1 fully saturated rings. The fraction of sp³-hybridized carbons (Fsp3) is 0.500. The Balaban J connectivity index is 1.68. The van der Waals surface area contributed by atoms with E-state index in [1.807, 2.05) is 24.0 Å². The Morgan fingerprint density at radius 2 is 1.70 bits per heavy atom. The molecule has 44 heavy (non-hydrogen) atoms. The Hall–Kier alpha value is -3.93. The second kappa shape index (κ2) is 13.0. The van der Waals surface area contributed by atoms with Crippen LogP contribution in [0.2, 0.25) is 0 Å². The van der Waals surface area contributed by atoms with Crippen molar-refractivity contribution in [1.82, 2.24) is 15.8 Å². The van der Waals surface area contributed by atoms with Crippen LogP contribution in [0.1, 0.15) is 99.3 Å². The molecule has 9 nitrogen and oxygen atoms in total. The standard InChI is InChI=1S/C32H42F3N7O2/c1-5-6-25(20-7-9-22(10-8-20)28(43)38-19-26(36)40-41-37)42-29(44)27(21-11-13-24(14-12-21)32(33,34)35)39-31(42)17-15-23(16-18-31)30(2,3)4/h7-14,23,25,41H,5-6,15-19,37H2,1-4H3,(H2,36,40)(H,38,43). The number of carbonyl (C=O) groups is 2. The second-order valence-electron chi connectivity index (χ2n) is 12.7. The van der Waals surface area contributed by atoms with Gasteiger partial charge in [-0.3, -0.25) is 14.6 Å². The molecular formula is C32H42F3N7O2. The minimum atomic E-state index is -4.48. The molecule has 1 atom stereocenters. The van der Waals surface area contributed by atoms with Crippen molar-refractivity contribution in [2.45, 2.75) is 84.1 Å². The molecule has 1 unspecified atom stereocenters. The molecule has 2 amide bonds. The predicted molar refractivity (Wildman–Crippen MR) is 164 cm³/mol. The van der Waals surface area contributed by atoms with Gasteiger partial charge in [0.05, 0.1) is 18.2 Å². The predicted octanol–water partition coefficient (Wildman–Crippen LogP) is 5.28. The van der Waals surface area contributed by atoms with E-state index in [9.17, 15) is 22.8 Å². The van der Waals surface area contributed by atoms with Crippen LogP contribution in [-0.2, 0) is 11.0 Å². The van der Waals surface area contributed by atoms with Gasteiger partial charge in [0.2, 0.25) is 0 Å². The molecule has 4 rings (SSSR count). The number of amidine groups is 1. The molecule has 0 saturated heterocycles. The van der Waals surface area contributed by atoms with E-state index in [2.05, 4.69) is 36.7 Å². The molecule has 2 aromatic carbocycles. The van der Waals surface area contributed by atoms with Gasteiger partial charge in [0.15, 0.2) is 0 Å². The maximum absolute atomic E-state index is 14.3. The number of aliphatic imine (C=N–C) groups is 1. The van der Waals surface area contributed by atoms with E-state index in [1.54, 1.807) is 12.1 Å². The first kappa shape index (κ1) is 33.0. The van der Waals surface area contributed by atoms with E-state index in [4.69, 9.17) is 16.6 Å². The van der Waals surface area contributed by atoms with Crippen molar-refractivity contribution >= 4 is 23.4 Å². The Morgan fingerprint density at radius 3 is 2.23 bits per heavy atom. The number of benzene rings is 2. The average Bonchev–Trinajstić information content (AvgIpc) is 3.25. The van der Waals surface area contributed by atoms with Gasteiger partial charge in [-0.15, -0.1) is 0 Å². The Bertz CT molecular complexity index is 1390. The minimum Gasteiger partial charge on any atom is -0.384 e. The van der Waals surface area contributed by atoms with Crippen LogP contribution in [0.4, 0.5) is 13.2 Å². The van der Waals surface area contributed by atoms with Crippen LogP contribution >= 0.6 is 0 Å². The molecule has 1 spiro atoms. The summed E-state index contributed by atoms with van der Waals surface area (Å²) < 4.78 is 39.8. The molecular weight excluding hydrogens is 571 g/mol. The molecule has 2 aromatic rings. The average molecular weight is 614 g/mol. The highest BCUT2D eigenvalue weighted by Crippen LogP contribution is 2.50. The van der Waals surface area contributed by atoms with E-state index in [0.717, 1.165) is 37.0 Å². The summed E-state index contributed by atoms with van der Waals surface area (Å²) in [5.41, 5.74) is 8.09. The Kier molecular flexibility index (Phi) is 9.72. The van der Waals surface area contributed by atoms with Crippen molar-refractivity contribution in [3.63, 3.8) is 0 Å². The van der Waals surface area contributed by atoms with E-state index < -0.39 is 17.4 Å². The van der Waals surface area contributed by atoms with E-state index in [0.29, 0.717) is 36.3 Å². The maximum Gasteiger partial charge on any atom is 0.416 e. The van der Waals surface area contributed by atoms with Crippen molar-refractivity contribution in [2.24, 2.45) is 33.0 Å². The highest BCUT2D eigenvalue weighted by Gasteiger charge is 2.52. The van der Waals surface area contributed by atoms with Gasteiger partial charge in [-0.1, -0.05) is 58.4 Å². The molecule has 12 heteroatoms. The number of nitrogens with zero attached hydrogens (tertiary/aromatic N) is 3. The number of hydrogen-bond donors (Lipinski definition) is 4. The summed E-state index contributed by atoms with van der Waals surface area (Å²) in [7, 11) is 0. The number of carbonyl (C=O) groups excluding carboxylic acids is 2. The van der Waals surface area contributed by atoms with Crippen molar-refractivity contribution in [3.05, 3.63) is 70.8 Å². The summed E-state index contributed by atoms with van der Waals surface area (Å²) >= 11 is 0. The molecule has 1 heterocycles. The van der Waals surface area contributed by atoms with Gasteiger partial charge < -0.3 is 16.0 Å². The zero-order chi connectivity index (χ0) is 32.3. The number of hydrazone groups is 1. The lowest BCUT2D eigenvalue weighted by molar-refractivity contribution is -0.137. The van der Waals surface area contributed by atoms with Gasteiger partial charge >= 0.3 is 6.18 Å². The van der Waals surface area contributed by atoms with Crippen molar-refractivity contribution in [2.75, 3.05) is 6.54 Å². The third-order valence-corrected chi connectivity index (χ3v) is 8.76. The first-order valence-electron chi connectivity index (χ1n) is 15.0. The van der Waals surface area contributed by atoms with Crippen molar-refractivity contribution in [1.29, 1.82) is 0 Å². The number of rotatable bonds is 9. The van der Waals surface area contributed by atoms with Gasteiger partial charge in [-0.25, -0.2) is 11.4 Å². The second-order valence-corrected chi connectivity index (χ2v) is 12.7. The largest absolute Gasteiger partial charge is 0.416 e. The molecule has 1 saturated carbocycles. The molecule has 1 aliphatic heterocycles. The van der Waals surface area contributed by atoms with Gasteiger partial charge in [-0.05, 0) is 73.3 Å². The van der Waals surface area contributed by atoms with E-state index in [1.165, 1.54) is 12.1 Å². The number of amides is 2. The SMILES string of the molecule is CCCC(c1ccc(C(=O)NCC(N)=NNN)cc1)N1C(=O)C(c2ccc(C(F)(F)F)cc2)=NC12CCC(C(C)(C)C)CC2. The molecule has 1 aliphatic carbocycles. The number of alkyl halides is 3. The van der Waals surface area contributed by atoms with Crippen LogP contribution in [0, 0.1) is 11.3 Å². The lowest BCUT2D eigenvalue weighted by atomic mass is 9.69. The highest BCUT2D eigenvalue weighted by atomic mass is 19.4. The topological polar surface area (TPSA) is 138 Å². The lowest BCUT2D eigenvalue weighted by Gasteiger charge is -2.47. The first-order chi connectivity index (χ1) is 20.7. The Labute approximate surface area is 256 Å². The minimum absolute atomic E-state index is 0.00761. The molecule has 2 aliphatic rings. The van der Waals surface area contributed by atoms with E-state index in [-0.39, 0.29) is 41.4 Å². The fourth-order valence-electron chi connectivity index (χ4n) is 6.32. The van der Waals surface area contributed by atoms with Gasteiger partial charge in [0, 0.05) is 11.1 Å². The number of nitrogens with two attached hydrogens (primary N) is 2. The monoisotopic (exact) mass is 613 g/mol. The maximum atomic E-state index is 14.3. The third kappa shape index (κ3) is 7.06. The van der Waals surface area contributed by atoms with Crippen LogP contribution in [-0.4, -0.2) is 40.5 Å². The van der Waals surface area contributed by atoms with Crippen molar-refractivity contribution in [3.8, 4) is 0 Å². The smallest absolute Gasteiger partial charge is 0.384 e. The van der Waals surface area contributed by atoms with E-state index >= 15 is 0 Å². The highest BCUT2D eigenvalue weighted by molar-refractivity contribution is 6.46. The van der Waals surface area contributed by atoms with Crippen LogP contribution in [0.15, 0.2) is 58.6 Å². The molecule has 6 N–H and O–H groups in total.